The molecule has 0 aromatic carbocycles. The van der Waals surface area contributed by atoms with Gasteiger partial charge in [0.1, 0.15) is 11.4 Å². The van der Waals surface area contributed by atoms with E-state index in [2.05, 4.69) is 38.7 Å². The third kappa shape index (κ3) is 4.45. The lowest BCUT2D eigenvalue weighted by molar-refractivity contribution is -0.140. The van der Waals surface area contributed by atoms with Gasteiger partial charge in [0.15, 0.2) is 0 Å². The SMILES string of the molecule is C=C(C)/C=C/C[C@H](C)[C@@H]1C=C([C@]2(O)C(=O)C(C)=C2OC(C)(C)C)[C@@H](C)CC1. The maximum atomic E-state index is 12.7. The lowest BCUT2D eigenvalue weighted by Crippen LogP contribution is -2.55. The molecule has 0 aromatic heterocycles. The summed E-state index contributed by atoms with van der Waals surface area (Å²) in [6.07, 6.45) is 9.39. The van der Waals surface area contributed by atoms with E-state index in [-0.39, 0.29) is 11.7 Å². The number of ether oxygens (including phenoxy) is 1. The fraction of sp³-hybridized carbons (Fsp3) is 0.625. The number of hydrogen-bond donors (Lipinski definition) is 1. The molecule has 3 heteroatoms. The molecular weight excluding hydrogens is 336 g/mol. The molecule has 2 aliphatic rings. The van der Waals surface area contributed by atoms with Gasteiger partial charge in [0.05, 0.1) is 0 Å². The van der Waals surface area contributed by atoms with Crippen molar-refractivity contribution in [2.75, 3.05) is 0 Å². The van der Waals surface area contributed by atoms with E-state index in [1.165, 1.54) is 0 Å². The van der Waals surface area contributed by atoms with Crippen molar-refractivity contribution >= 4 is 5.78 Å². The molecule has 2 aliphatic carbocycles. The summed E-state index contributed by atoms with van der Waals surface area (Å²) in [5.74, 6) is 1.18. The second-order valence-corrected chi connectivity index (χ2v) is 9.43. The normalized spacial score (nSPS) is 30.2. The Labute approximate surface area is 164 Å². The Morgan fingerprint density at radius 3 is 2.63 bits per heavy atom. The average Bonchev–Trinajstić information content (AvgIpc) is 2.57. The molecule has 0 fully saturated rings. The van der Waals surface area contributed by atoms with Gasteiger partial charge in [0, 0.05) is 5.57 Å². The standard InChI is InChI=1S/C24H36O3/c1-15(2)10-9-11-16(3)19-13-12-17(4)20(14-19)24(26)21(25)18(5)22(24)27-23(6,7)8/h9-10,14,16-17,19,26H,1,11-13H2,2-8H3/b10-9+/t16-,17-,19-,24-/m0/s1. The molecule has 0 unspecified atom stereocenters. The van der Waals surface area contributed by atoms with Crippen molar-refractivity contribution < 1.29 is 14.6 Å². The number of allylic oxidation sites excluding steroid dienone is 4. The largest absolute Gasteiger partial charge is 0.488 e. The highest BCUT2D eigenvalue weighted by Crippen LogP contribution is 2.49. The zero-order valence-corrected chi connectivity index (χ0v) is 18.1. The van der Waals surface area contributed by atoms with E-state index in [0.717, 1.165) is 30.4 Å². The van der Waals surface area contributed by atoms with Crippen molar-refractivity contribution in [3.05, 3.63) is 47.3 Å². The molecule has 0 saturated carbocycles. The Hall–Kier alpha value is -1.61. The monoisotopic (exact) mass is 372 g/mol. The lowest BCUT2D eigenvalue weighted by atomic mass is 9.65. The third-order valence-corrected chi connectivity index (χ3v) is 5.66. The van der Waals surface area contributed by atoms with Crippen LogP contribution in [0.25, 0.3) is 0 Å². The summed E-state index contributed by atoms with van der Waals surface area (Å²) in [6.45, 7) is 17.8. The molecule has 0 spiro atoms. The van der Waals surface area contributed by atoms with Gasteiger partial charge in [-0.1, -0.05) is 44.2 Å². The van der Waals surface area contributed by atoms with E-state index in [1.54, 1.807) is 6.92 Å². The topological polar surface area (TPSA) is 46.5 Å². The van der Waals surface area contributed by atoms with Crippen LogP contribution >= 0.6 is 0 Å². The fourth-order valence-corrected chi connectivity index (χ4v) is 4.07. The molecule has 0 radical (unpaired) electrons. The van der Waals surface area contributed by atoms with Crippen LogP contribution in [0.15, 0.2) is 47.3 Å². The lowest BCUT2D eigenvalue weighted by Gasteiger charge is -2.46. The second-order valence-electron chi connectivity index (χ2n) is 9.43. The van der Waals surface area contributed by atoms with Crippen LogP contribution in [0.1, 0.15) is 67.7 Å². The first-order valence-electron chi connectivity index (χ1n) is 10.1. The Balaban J connectivity index is 2.30. The fourth-order valence-electron chi connectivity index (χ4n) is 4.07. The number of aliphatic hydroxyl groups is 1. The number of rotatable bonds is 6. The highest BCUT2D eigenvalue weighted by atomic mass is 16.5. The molecule has 0 heterocycles. The molecule has 4 atom stereocenters. The number of carbonyl (C=O) groups is 1. The molecular formula is C24H36O3. The second kappa shape index (κ2) is 7.79. The quantitative estimate of drug-likeness (QED) is 0.493. The predicted molar refractivity (Wildman–Crippen MR) is 111 cm³/mol. The van der Waals surface area contributed by atoms with Crippen LogP contribution in [0.2, 0.25) is 0 Å². The van der Waals surface area contributed by atoms with Crippen LogP contribution in [0.3, 0.4) is 0 Å². The van der Waals surface area contributed by atoms with E-state index < -0.39 is 11.2 Å². The Morgan fingerprint density at radius 1 is 1.44 bits per heavy atom. The van der Waals surface area contributed by atoms with Gasteiger partial charge in [0.2, 0.25) is 11.4 Å². The van der Waals surface area contributed by atoms with Gasteiger partial charge in [-0.05, 0) is 77.2 Å². The van der Waals surface area contributed by atoms with E-state index in [1.807, 2.05) is 27.7 Å². The maximum absolute atomic E-state index is 12.7. The first-order chi connectivity index (χ1) is 12.4. The number of Topliss-reactive ketones (excluding diaryl/α,β-unsaturated/α-hetero) is 1. The number of carbonyl (C=O) groups excluding carboxylic acids is 1. The van der Waals surface area contributed by atoms with Crippen molar-refractivity contribution in [3.8, 4) is 0 Å². The summed E-state index contributed by atoms with van der Waals surface area (Å²) in [6, 6.07) is 0. The van der Waals surface area contributed by atoms with Crippen LogP contribution in [-0.2, 0) is 9.53 Å². The van der Waals surface area contributed by atoms with E-state index in [9.17, 15) is 9.90 Å². The Bertz CT molecular complexity index is 702. The van der Waals surface area contributed by atoms with Crippen LogP contribution in [-0.4, -0.2) is 22.1 Å². The van der Waals surface area contributed by atoms with Gasteiger partial charge in [-0.2, -0.15) is 0 Å². The molecule has 2 rings (SSSR count). The summed E-state index contributed by atoms with van der Waals surface area (Å²) >= 11 is 0. The van der Waals surface area contributed by atoms with Gasteiger partial charge >= 0.3 is 0 Å². The van der Waals surface area contributed by atoms with Gasteiger partial charge in [-0.25, -0.2) is 0 Å². The minimum atomic E-state index is -1.58. The van der Waals surface area contributed by atoms with E-state index in [0.29, 0.717) is 23.2 Å². The summed E-state index contributed by atoms with van der Waals surface area (Å²) < 4.78 is 6.01. The highest BCUT2D eigenvalue weighted by Gasteiger charge is 2.57. The molecule has 0 aromatic rings. The summed E-state index contributed by atoms with van der Waals surface area (Å²) in [7, 11) is 0. The van der Waals surface area contributed by atoms with Gasteiger partial charge in [-0.3, -0.25) is 4.79 Å². The number of hydrogen-bond acceptors (Lipinski definition) is 3. The molecule has 0 amide bonds. The van der Waals surface area contributed by atoms with E-state index in [4.69, 9.17) is 4.74 Å². The average molecular weight is 373 g/mol. The zero-order valence-electron chi connectivity index (χ0n) is 18.1. The molecule has 150 valence electrons. The predicted octanol–water partition coefficient (Wildman–Crippen LogP) is 5.52. The molecule has 0 aliphatic heterocycles. The summed E-state index contributed by atoms with van der Waals surface area (Å²) in [4.78, 5) is 12.7. The Kier molecular flexibility index (Phi) is 6.26. The maximum Gasteiger partial charge on any atom is 0.207 e. The summed E-state index contributed by atoms with van der Waals surface area (Å²) in [5.41, 5.74) is 0.381. The van der Waals surface area contributed by atoms with Gasteiger partial charge < -0.3 is 9.84 Å². The first-order valence-corrected chi connectivity index (χ1v) is 10.1. The molecule has 27 heavy (non-hydrogen) atoms. The minimum Gasteiger partial charge on any atom is -0.488 e. The molecule has 1 N–H and O–H groups in total. The van der Waals surface area contributed by atoms with Crippen molar-refractivity contribution in [2.45, 2.75) is 78.9 Å². The number of ketones is 1. The van der Waals surface area contributed by atoms with Gasteiger partial charge in [-0.15, -0.1) is 0 Å². The van der Waals surface area contributed by atoms with Crippen molar-refractivity contribution in [3.63, 3.8) is 0 Å². The van der Waals surface area contributed by atoms with E-state index >= 15 is 0 Å². The molecule has 3 nitrogen and oxygen atoms in total. The molecule has 0 saturated heterocycles. The third-order valence-electron chi connectivity index (χ3n) is 5.66. The van der Waals surface area contributed by atoms with Crippen molar-refractivity contribution in [1.29, 1.82) is 0 Å². The Morgan fingerprint density at radius 2 is 2.07 bits per heavy atom. The highest BCUT2D eigenvalue weighted by molar-refractivity contribution is 6.13. The van der Waals surface area contributed by atoms with Crippen LogP contribution in [0.4, 0.5) is 0 Å². The molecule has 0 bridgehead atoms. The van der Waals surface area contributed by atoms with Crippen LogP contribution in [0.5, 0.6) is 0 Å². The smallest absolute Gasteiger partial charge is 0.207 e. The zero-order chi connectivity index (χ0) is 20.6. The minimum absolute atomic E-state index is 0.167. The van der Waals surface area contributed by atoms with Crippen LogP contribution < -0.4 is 0 Å². The van der Waals surface area contributed by atoms with Crippen molar-refractivity contribution in [2.24, 2.45) is 17.8 Å². The summed E-state index contributed by atoms with van der Waals surface area (Å²) in [5, 5.41) is 11.4. The van der Waals surface area contributed by atoms with Crippen LogP contribution in [0, 0.1) is 17.8 Å². The first kappa shape index (κ1) is 21.7. The van der Waals surface area contributed by atoms with Gasteiger partial charge in [0.25, 0.3) is 0 Å². The van der Waals surface area contributed by atoms with Crippen molar-refractivity contribution in [1.82, 2.24) is 0 Å².